The summed E-state index contributed by atoms with van der Waals surface area (Å²) in [5, 5.41) is 8.40. The number of hydrogen-bond donors (Lipinski definition) is 1. The molecule has 5 heteroatoms. The number of halogens is 1. The van der Waals surface area contributed by atoms with E-state index in [2.05, 4.69) is 15.9 Å². The van der Waals surface area contributed by atoms with Crippen LogP contribution in [0.5, 0.6) is 0 Å². The summed E-state index contributed by atoms with van der Waals surface area (Å²) in [6.45, 7) is 0. The van der Waals surface area contributed by atoms with Crippen LogP contribution in [0.3, 0.4) is 0 Å². The molecule has 1 aromatic rings. The predicted molar refractivity (Wildman–Crippen MR) is 65.0 cm³/mol. The number of carboxylic acid groups (broad SMARTS) is 1. The summed E-state index contributed by atoms with van der Waals surface area (Å²) >= 11 is 3.24. The number of hydrogen-bond acceptors (Lipinski definition) is 3. The zero-order valence-corrected chi connectivity index (χ0v) is 10.6. The molecule has 1 N–H and O–H groups in total. The van der Waals surface area contributed by atoms with Gasteiger partial charge in [0.05, 0.1) is 12.8 Å². The van der Waals surface area contributed by atoms with Gasteiger partial charge in [-0.05, 0) is 12.1 Å². The Morgan fingerprint density at radius 3 is 2.18 bits per heavy atom. The van der Waals surface area contributed by atoms with Crippen molar-refractivity contribution in [1.29, 1.82) is 0 Å². The van der Waals surface area contributed by atoms with E-state index >= 15 is 0 Å². The van der Waals surface area contributed by atoms with Crippen LogP contribution in [0.25, 0.3) is 0 Å². The van der Waals surface area contributed by atoms with Crippen molar-refractivity contribution in [3.05, 3.63) is 34.3 Å². The summed E-state index contributed by atoms with van der Waals surface area (Å²) < 4.78 is 0.853. The van der Waals surface area contributed by atoms with E-state index < -0.39 is 5.97 Å². The maximum absolute atomic E-state index is 11.6. The van der Waals surface area contributed by atoms with Crippen LogP contribution in [0.15, 0.2) is 28.7 Å². The first-order valence-corrected chi connectivity index (χ1v) is 5.80. The normalized spacial score (nSPS) is 9.94. The lowest BCUT2D eigenvalue weighted by molar-refractivity contribution is -0.138. The Hall–Kier alpha value is -1.49. The number of Topliss-reactive ketones (excluding diaryl/α,β-unsaturated/α-hetero) is 2. The summed E-state index contributed by atoms with van der Waals surface area (Å²) in [6, 6.07) is 6.68. The van der Waals surface area contributed by atoms with Gasteiger partial charge in [-0.1, -0.05) is 28.1 Å². The average Bonchev–Trinajstić information content (AvgIpc) is 2.27. The third kappa shape index (κ3) is 4.91. The van der Waals surface area contributed by atoms with Crippen LogP contribution < -0.4 is 0 Å². The van der Waals surface area contributed by atoms with Gasteiger partial charge < -0.3 is 5.11 Å². The van der Waals surface area contributed by atoms with Crippen molar-refractivity contribution < 1.29 is 19.5 Å². The molecule has 0 unspecified atom stereocenters. The molecule has 0 radical (unpaired) electrons. The number of carbonyl (C=O) groups excluding carboxylic acids is 2. The highest BCUT2D eigenvalue weighted by Gasteiger charge is 2.12. The molecule has 0 heterocycles. The molecule has 0 amide bonds. The van der Waals surface area contributed by atoms with Crippen LogP contribution >= 0.6 is 15.9 Å². The van der Waals surface area contributed by atoms with Crippen LogP contribution in [-0.4, -0.2) is 22.6 Å². The fourth-order valence-corrected chi connectivity index (χ4v) is 1.52. The fraction of sp³-hybridized carbons (Fsp3) is 0.250. The highest BCUT2D eigenvalue weighted by Crippen LogP contribution is 2.12. The second kappa shape index (κ2) is 6.30. The minimum Gasteiger partial charge on any atom is -0.481 e. The number of ketones is 2. The number of benzene rings is 1. The van der Waals surface area contributed by atoms with Gasteiger partial charge in [-0.15, -0.1) is 0 Å². The van der Waals surface area contributed by atoms with E-state index in [0.717, 1.165) is 4.47 Å². The summed E-state index contributed by atoms with van der Waals surface area (Å²) in [7, 11) is 0. The van der Waals surface area contributed by atoms with E-state index in [9.17, 15) is 14.4 Å². The van der Waals surface area contributed by atoms with Gasteiger partial charge in [0.1, 0.15) is 5.78 Å². The standard InChI is InChI=1S/C12H11BrO4/c13-9-3-1-8(2-4-9)11(15)7-10(14)5-6-12(16)17/h1-4H,5-7H2,(H,16,17). The molecule has 0 bridgehead atoms. The van der Waals surface area contributed by atoms with Crippen LogP contribution in [0, 0.1) is 0 Å². The second-order valence-corrected chi connectivity index (χ2v) is 4.45. The molecule has 0 aliphatic carbocycles. The molecule has 17 heavy (non-hydrogen) atoms. The van der Waals surface area contributed by atoms with E-state index in [-0.39, 0.29) is 30.8 Å². The number of rotatable bonds is 6. The molecule has 0 aliphatic heterocycles. The van der Waals surface area contributed by atoms with E-state index in [1.807, 2.05) is 0 Å². The smallest absolute Gasteiger partial charge is 0.303 e. The third-order valence-electron chi connectivity index (χ3n) is 2.14. The quantitative estimate of drug-likeness (QED) is 0.647. The molecule has 1 aromatic carbocycles. The van der Waals surface area contributed by atoms with Gasteiger partial charge in [0.2, 0.25) is 0 Å². The maximum Gasteiger partial charge on any atom is 0.303 e. The Balaban J connectivity index is 2.51. The summed E-state index contributed by atoms with van der Waals surface area (Å²) in [5.41, 5.74) is 0.455. The minimum absolute atomic E-state index is 0.0996. The van der Waals surface area contributed by atoms with E-state index in [1.165, 1.54) is 0 Å². The zero-order chi connectivity index (χ0) is 12.8. The molecule has 0 aliphatic rings. The molecule has 0 aromatic heterocycles. The van der Waals surface area contributed by atoms with Crippen LogP contribution in [0.1, 0.15) is 29.6 Å². The lowest BCUT2D eigenvalue weighted by Gasteiger charge is -2.00. The highest BCUT2D eigenvalue weighted by molar-refractivity contribution is 9.10. The van der Waals surface area contributed by atoms with E-state index in [4.69, 9.17) is 5.11 Å². The van der Waals surface area contributed by atoms with Crippen molar-refractivity contribution in [2.45, 2.75) is 19.3 Å². The van der Waals surface area contributed by atoms with Gasteiger partial charge in [-0.2, -0.15) is 0 Å². The molecular formula is C12H11BrO4. The zero-order valence-electron chi connectivity index (χ0n) is 8.98. The monoisotopic (exact) mass is 298 g/mol. The van der Waals surface area contributed by atoms with E-state index in [0.29, 0.717) is 5.56 Å². The van der Waals surface area contributed by atoms with Crippen LogP contribution in [0.4, 0.5) is 0 Å². The largest absolute Gasteiger partial charge is 0.481 e. The van der Waals surface area contributed by atoms with Crippen molar-refractivity contribution in [2.24, 2.45) is 0 Å². The number of carbonyl (C=O) groups is 3. The molecule has 0 saturated carbocycles. The molecule has 0 atom stereocenters. The Bertz CT molecular complexity index is 436. The number of carboxylic acids is 1. The SMILES string of the molecule is O=C(O)CCC(=O)CC(=O)c1ccc(Br)cc1. The van der Waals surface area contributed by atoms with Crippen molar-refractivity contribution in [3.63, 3.8) is 0 Å². The van der Waals surface area contributed by atoms with Crippen molar-refractivity contribution in [3.8, 4) is 0 Å². The summed E-state index contributed by atoms with van der Waals surface area (Å²) in [5.74, 6) is -1.66. The summed E-state index contributed by atoms with van der Waals surface area (Å²) in [6.07, 6.45) is -0.570. The molecule has 0 spiro atoms. The lowest BCUT2D eigenvalue weighted by atomic mass is 10.0. The first-order valence-electron chi connectivity index (χ1n) is 5.01. The van der Waals surface area contributed by atoms with Crippen molar-refractivity contribution >= 4 is 33.5 Å². The van der Waals surface area contributed by atoms with Gasteiger partial charge >= 0.3 is 5.97 Å². The summed E-state index contributed by atoms with van der Waals surface area (Å²) in [4.78, 5) is 33.2. The molecule has 0 saturated heterocycles. The van der Waals surface area contributed by atoms with Gasteiger partial charge in [0.15, 0.2) is 5.78 Å². The van der Waals surface area contributed by atoms with E-state index in [1.54, 1.807) is 24.3 Å². The highest BCUT2D eigenvalue weighted by atomic mass is 79.9. The van der Waals surface area contributed by atoms with Gasteiger partial charge in [-0.3, -0.25) is 14.4 Å². The fourth-order valence-electron chi connectivity index (χ4n) is 1.25. The lowest BCUT2D eigenvalue weighted by Crippen LogP contribution is -2.09. The second-order valence-electron chi connectivity index (χ2n) is 3.54. The topological polar surface area (TPSA) is 71.4 Å². The molecular weight excluding hydrogens is 288 g/mol. The third-order valence-corrected chi connectivity index (χ3v) is 2.67. The Morgan fingerprint density at radius 1 is 1.06 bits per heavy atom. The molecule has 0 fully saturated rings. The van der Waals surface area contributed by atoms with Crippen LogP contribution in [0.2, 0.25) is 0 Å². The van der Waals surface area contributed by atoms with Crippen molar-refractivity contribution in [2.75, 3.05) is 0 Å². The number of aliphatic carboxylic acids is 1. The van der Waals surface area contributed by atoms with Crippen molar-refractivity contribution in [1.82, 2.24) is 0 Å². The maximum atomic E-state index is 11.6. The first kappa shape index (κ1) is 13.6. The Morgan fingerprint density at radius 2 is 1.65 bits per heavy atom. The van der Waals surface area contributed by atoms with Gasteiger partial charge in [0, 0.05) is 16.5 Å². The minimum atomic E-state index is -1.03. The molecule has 4 nitrogen and oxygen atoms in total. The Labute approximate surface area is 107 Å². The first-order chi connectivity index (χ1) is 7.99. The molecule has 90 valence electrons. The van der Waals surface area contributed by atoms with Gasteiger partial charge in [0.25, 0.3) is 0 Å². The van der Waals surface area contributed by atoms with Crippen LogP contribution in [-0.2, 0) is 9.59 Å². The average molecular weight is 299 g/mol. The Kier molecular flexibility index (Phi) is 5.03. The molecule has 1 rings (SSSR count). The van der Waals surface area contributed by atoms with Gasteiger partial charge in [-0.25, -0.2) is 0 Å². The predicted octanol–water partition coefficient (Wildman–Crippen LogP) is 2.46.